The average Bonchev–Trinajstić information content (AvgIpc) is 3.42. The maximum Gasteiger partial charge on any atom is 0.306 e. The minimum Gasteiger partial charge on any atom is -0.493 e. The van der Waals surface area contributed by atoms with Crippen LogP contribution >= 0.6 is 0 Å². The zero-order valence-electron chi connectivity index (χ0n) is 18.1. The summed E-state index contributed by atoms with van der Waals surface area (Å²) in [6.45, 7) is 10.3. The maximum atomic E-state index is 12.2. The van der Waals surface area contributed by atoms with Crippen molar-refractivity contribution in [1.82, 2.24) is 4.90 Å². The minimum absolute atomic E-state index is 0.0845. The Morgan fingerprint density at radius 3 is 2.83 bits per heavy atom. The highest BCUT2D eigenvalue weighted by Crippen LogP contribution is 2.56. The van der Waals surface area contributed by atoms with E-state index in [-0.39, 0.29) is 23.6 Å². The van der Waals surface area contributed by atoms with Gasteiger partial charge in [-0.05, 0) is 64.3 Å². The molecule has 0 bridgehead atoms. The third-order valence-corrected chi connectivity index (χ3v) is 6.80. The molecule has 158 valence electrons. The number of benzene rings is 1. The minimum atomic E-state index is -0.291. The molecule has 2 heterocycles. The van der Waals surface area contributed by atoms with Crippen LogP contribution in [0, 0.1) is 5.92 Å². The van der Waals surface area contributed by atoms with Gasteiger partial charge in [0.25, 0.3) is 0 Å². The predicted octanol–water partition coefficient (Wildman–Crippen LogP) is 4.23. The highest BCUT2D eigenvalue weighted by atomic mass is 16.6. The second-order valence-corrected chi connectivity index (χ2v) is 9.16. The van der Waals surface area contributed by atoms with Crippen LogP contribution in [0.15, 0.2) is 24.3 Å². The van der Waals surface area contributed by atoms with Gasteiger partial charge in [-0.15, -0.1) is 0 Å². The molecule has 0 aromatic heterocycles. The molecule has 0 N–H and O–H groups in total. The van der Waals surface area contributed by atoms with E-state index in [4.69, 9.17) is 14.2 Å². The zero-order chi connectivity index (χ0) is 20.8. The smallest absolute Gasteiger partial charge is 0.306 e. The van der Waals surface area contributed by atoms with Gasteiger partial charge in [-0.3, -0.25) is 4.79 Å². The number of carbonyl (C=O) groups excluding carboxylic acids is 1. The molecule has 0 amide bonds. The van der Waals surface area contributed by atoms with E-state index in [2.05, 4.69) is 31.5 Å². The topological polar surface area (TPSA) is 48.0 Å². The van der Waals surface area contributed by atoms with E-state index < -0.39 is 0 Å². The van der Waals surface area contributed by atoms with Crippen molar-refractivity contribution in [1.29, 1.82) is 0 Å². The van der Waals surface area contributed by atoms with Gasteiger partial charge < -0.3 is 19.1 Å². The van der Waals surface area contributed by atoms with Crippen LogP contribution < -0.4 is 9.47 Å². The Labute approximate surface area is 174 Å². The Hall–Kier alpha value is -2.01. The molecule has 1 saturated carbocycles. The number of methoxy groups -OCH3 is 1. The number of nitrogens with zero attached hydrogens (tertiary/aromatic N) is 1. The summed E-state index contributed by atoms with van der Waals surface area (Å²) >= 11 is 0. The first kappa shape index (κ1) is 20.3. The van der Waals surface area contributed by atoms with E-state index in [0.717, 1.165) is 49.4 Å². The SMILES string of the molecule is C=C(C)[C@@]12CCN(C)Cc3ccc(OC)c(c31)O[C@H]2C[C@H](C)OC(=O)CC1CC1. The molecule has 4 rings (SSSR count). The highest BCUT2D eigenvalue weighted by molar-refractivity contribution is 5.70. The molecule has 1 aromatic carbocycles. The van der Waals surface area contributed by atoms with E-state index in [1.165, 1.54) is 11.1 Å². The fourth-order valence-electron chi connectivity index (χ4n) is 5.06. The number of rotatable bonds is 7. The van der Waals surface area contributed by atoms with Crippen molar-refractivity contribution in [3.63, 3.8) is 0 Å². The van der Waals surface area contributed by atoms with E-state index in [9.17, 15) is 4.79 Å². The summed E-state index contributed by atoms with van der Waals surface area (Å²) in [6, 6.07) is 4.15. The fraction of sp³-hybridized carbons (Fsp3) is 0.625. The van der Waals surface area contributed by atoms with Crippen molar-refractivity contribution < 1.29 is 19.0 Å². The van der Waals surface area contributed by atoms with Crippen LogP contribution in [0.5, 0.6) is 11.5 Å². The lowest BCUT2D eigenvalue weighted by Gasteiger charge is -2.36. The first-order chi connectivity index (χ1) is 13.8. The molecule has 0 saturated heterocycles. The van der Waals surface area contributed by atoms with Crippen molar-refractivity contribution in [2.45, 2.75) is 70.1 Å². The summed E-state index contributed by atoms with van der Waals surface area (Å²) in [5.41, 5.74) is 3.30. The van der Waals surface area contributed by atoms with Crippen LogP contribution in [0.1, 0.15) is 57.1 Å². The maximum absolute atomic E-state index is 12.2. The lowest BCUT2D eigenvalue weighted by molar-refractivity contribution is -0.149. The van der Waals surface area contributed by atoms with Crippen molar-refractivity contribution in [2.24, 2.45) is 5.92 Å². The number of hydrogen-bond donors (Lipinski definition) is 0. The van der Waals surface area contributed by atoms with E-state index >= 15 is 0 Å². The lowest BCUT2D eigenvalue weighted by atomic mass is 9.67. The normalized spacial score (nSPS) is 26.8. The number of carbonyl (C=O) groups is 1. The quantitative estimate of drug-likeness (QED) is 0.507. The summed E-state index contributed by atoms with van der Waals surface area (Å²) in [5, 5.41) is 0. The van der Waals surface area contributed by atoms with Gasteiger partial charge in [-0.1, -0.05) is 18.2 Å². The van der Waals surface area contributed by atoms with E-state index in [0.29, 0.717) is 18.8 Å². The van der Waals surface area contributed by atoms with Gasteiger partial charge in [-0.25, -0.2) is 0 Å². The van der Waals surface area contributed by atoms with Crippen LogP contribution in [0.3, 0.4) is 0 Å². The van der Waals surface area contributed by atoms with Gasteiger partial charge in [0.1, 0.15) is 12.2 Å². The summed E-state index contributed by atoms with van der Waals surface area (Å²) in [5.74, 6) is 2.05. The molecule has 2 aliphatic heterocycles. The fourth-order valence-corrected chi connectivity index (χ4v) is 5.06. The molecule has 5 heteroatoms. The molecule has 3 aliphatic rings. The lowest BCUT2D eigenvalue weighted by Crippen LogP contribution is -2.42. The summed E-state index contributed by atoms with van der Waals surface area (Å²) in [7, 11) is 3.84. The van der Waals surface area contributed by atoms with Gasteiger partial charge in [-0.2, -0.15) is 0 Å². The van der Waals surface area contributed by atoms with Crippen LogP contribution in [0.4, 0.5) is 0 Å². The van der Waals surface area contributed by atoms with Gasteiger partial charge >= 0.3 is 5.97 Å². The molecule has 0 radical (unpaired) electrons. The van der Waals surface area contributed by atoms with Crippen molar-refractivity contribution >= 4 is 5.97 Å². The zero-order valence-corrected chi connectivity index (χ0v) is 18.1. The Kier molecular flexibility index (Phi) is 5.36. The highest BCUT2D eigenvalue weighted by Gasteiger charge is 2.53. The van der Waals surface area contributed by atoms with Gasteiger partial charge in [0.2, 0.25) is 0 Å². The van der Waals surface area contributed by atoms with Gasteiger partial charge in [0, 0.05) is 24.9 Å². The molecule has 1 aliphatic carbocycles. The Balaban J connectivity index is 1.65. The van der Waals surface area contributed by atoms with Crippen LogP contribution in [0.25, 0.3) is 0 Å². The molecular formula is C24H33NO4. The monoisotopic (exact) mass is 399 g/mol. The molecular weight excluding hydrogens is 366 g/mol. The Morgan fingerprint density at radius 1 is 1.41 bits per heavy atom. The second-order valence-electron chi connectivity index (χ2n) is 9.16. The first-order valence-corrected chi connectivity index (χ1v) is 10.8. The third-order valence-electron chi connectivity index (χ3n) is 6.80. The second kappa shape index (κ2) is 7.67. The first-order valence-electron chi connectivity index (χ1n) is 10.8. The average molecular weight is 400 g/mol. The molecule has 1 aromatic rings. The van der Waals surface area contributed by atoms with Gasteiger partial charge in [0.15, 0.2) is 11.5 Å². The summed E-state index contributed by atoms with van der Waals surface area (Å²) in [6.07, 6.45) is 4.10. The largest absolute Gasteiger partial charge is 0.493 e. The van der Waals surface area contributed by atoms with Crippen LogP contribution in [-0.2, 0) is 21.5 Å². The number of hydrogen-bond acceptors (Lipinski definition) is 5. The van der Waals surface area contributed by atoms with E-state index in [1.807, 2.05) is 13.0 Å². The number of esters is 1. The molecule has 0 spiro atoms. The molecule has 3 atom stereocenters. The van der Waals surface area contributed by atoms with Crippen molar-refractivity contribution in [3.8, 4) is 11.5 Å². The standard InChI is InChI=1S/C24H33NO4/c1-15(2)24-10-11-25(4)14-18-8-9-19(27-5)23(22(18)24)29-20(24)12-16(3)28-21(26)13-17-6-7-17/h8-9,16-17,20H,1,6-7,10-14H2,2-5H3/t16-,20-,24+/m0/s1. The van der Waals surface area contributed by atoms with Crippen molar-refractivity contribution in [3.05, 3.63) is 35.4 Å². The Morgan fingerprint density at radius 2 is 2.17 bits per heavy atom. The molecule has 1 fully saturated rings. The summed E-state index contributed by atoms with van der Waals surface area (Å²) in [4.78, 5) is 14.6. The van der Waals surface area contributed by atoms with Gasteiger partial charge in [0.05, 0.1) is 12.5 Å². The van der Waals surface area contributed by atoms with Crippen molar-refractivity contribution in [2.75, 3.05) is 20.7 Å². The molecule has 0 unspecified atom stereocenters. The number of ether oxygens (including phenoxy) is 3. The third kappa shape index (κ3) is 3.65. The predicted molar refractivity (Wildman–Crippen MR) is 112 cm³/mol. The van der Waals surface area contributed by atoms with Crippen LogP contribution in [-0.4, -0.2) is 43.8 Å². The summed E-state index contributed by atoms with van der Waals surface area (Å²) < 4.78 is 17.9. The molecule has 29 heavy (non-hydrogen) atoms. The molecule has 5 nitrogen and oxygen atoms in total. The van der Waals surface area contributed by atoms with E-state index in [1.54, 1.807) is 7.11 Å². The Bertz CT molecular complexity index is 815. The van der Waals surface area contributed by atoms with Crippen LogP contribution in [0.2, 0.25) is 0 Å².